The van der Waals surface area contributed by atoms with Crippen molar-refractivity contribution in [3.63, 3.8) is 0 Å². The molecule has 5 atom stereocenters. The molecule has 0 saturated heterocycles. The van der Waals surface area contributed by atoms with Gasteiger partial charge in [-0.05, 0) is 67.2 Å². The molecule has 0 aliphatic heterocycles. The largest absolute Gasteiger partial charge is 0.508 e. The first kappa shape index (κ1) is 16.1. The lowest BCUT2D eigenvalue weighted by atomic mass is 9.48. The fourth-order valence-electron chi connectivity index (χ4n) is 5.96. The molecule has 4 rings (SSSR count). The number of alkyl halides is 2. The van der Waals surface area contributed by atoms with Gasteiger partial charge in [-0.25, -0.2) is 8.78 Å². The van der Waals surface area contributed by atoms with Gasteiger partial charge in [-0.3, -0.25) is 0 Å². The minimum atomic E-state index is -3.03. The van der Waals surface area contributed by atoms with Gasteiger partial charge in [0, 0.05) is 10.8 Å². The Morgan fingerprint density at radius 1 is 1.25 bits per heavy atom. The maximum Gasteiger partial charge on any atom is 0.278 e. The molecule has 0 unspecified atom stereocenters. The Kier molecular flexibility index (Phi) is 3.22. The average molecular weight is 334 g/mol. The predicted molar refractivity (Wildman–Crippen MR) is 88.2 cm³/mol. The first-order chi connectivity index (χ1) is 11.3. The third kappa shape index (κ3) is 1.73. The Morgan fingerprint density at radius 3 is 2.71 bits per heavy atom. The van der Waals surface area contributed by atoms with E-state index in [-0.39, 0.29) is 29.4 Å². The van der Waals surface area contributed by atoms with Gasteiger partial charge >= 0.3 is 0 Å². The van der Waals surface area contributed by atoms with E-state index in [0.717, 1.165) is 24.0 Å². The second-order valence-corrected chi connectivity index (χ2v) is 8.13. The first-order valence-corrected chi connectivity index (χ1v) is 8.78. The van der Waals surface area contributed by atoms with Crippen LogP contribution in [-0.2, 0) is 11.8 Å². The van der Waals surface area contributed by atoms with Crippen molar-refractivity contribution in [2.24, 2.45) is 17.3 Å². The summed E-state index contributed by atoms with van der Waals surface area (Å²) in [5.41, 5.74) is 0.752. The lowest BCUT2D eigenvalue weighted by Gasteiger charge is -2.56. The summed E-state index contributed by atoms with van der Waals surface area (Å²) in [4.78, 5) is 0. The van der Waals surface area contributed by atoms with Crippen LogP contribution < -0.4 is 0 Å². The summed E-state index contributed by atoms with van der Waals surface area (Å²) in [7, 11) is 0. The number of allylic oxidation sites excluding steroid dienone is 1. The maximum absolute atomic E-state index is 14.7. The number of aliphatic hydroxyl groups is 1. The number of fused-ring (bicyclic) bond motifs is 5. The molecule has 2 nitrogen and oxygen atoms in total. The van der Waals surface area contributed by atoms with E-state index in [4.69, 9.17) is 0 Å². The van der Waals surface area contributed by atoms with Gasteiger partial charge in [-0.15, -0.1) is 6.58 Å². The summed E-state index contributed by atoms with van der Waals surface area (Å²) in [5, 5.41) is 19.8. The number of hydrogen-bond donors (Lipinski definition) is 2. The Balaban J connectivity index is 1.84. The molecule has 0 bridgehead atoms. The van der Waals surface area contributed by atoms with Crippen LogP contribution in [-0.4, -0.2) is 22.2 Å². The van der Waals surface area contributed by atoms with Crippen LogP contribution in [0.5, 0.6) is 5.75 Å². The number of benzene rings is 1. The molecule has 4 heteroatoms. The van der Waals surface area contributed by atoms with Gasteiger partial charge in [-0.2, -0.15) is 0 Å². The normalized spacial score (nSPS) is 42.8. The molecule has 24 heavy (non-hydrogen) atoms. The van der Waals surface area contributed by atoms with Crippen LogP contribution in [0.2, 0.25) is 0 Å². The molecule has 3 aliphatic carbocycles. The lowest BCUT2D eigenvalue weighted by Crippen LogP contribution is -2.54. The van der Waals surface area contributed by atoms with Gasteiger partial charge in [-0.1, -0.05) is 19.1 Å². The predicted octanol–water partition coefficient (Wildman–Crippen LogP) is 4.19. The highest BCUT2D eigenvalue weighted by Gasteiger charge is 2.70. The fraction of sp³-hybridized carbons (Fsp3) is 0.600. The Morgan fingerprint density at radius 2 is 2.00 bits per heavy atom. The summed E-state index contributed by atoms with van der Waals surface area (Å²) >= 11 is 0. The molecule has 0 heterocycles. The highest BCUT2D eigenvalue weighted by Crippen LogP contribution is 2.67. The van der Waals surface area contributed by atoms with Crippen molar-refractivity contribution >= 4 is 0 Å². The quantitative estimate of drug-likeness (QED) is 0.756. The van der Waals surface area contributed by atoms with Crippen molar-refractivity contribution in [3.8, 4) is 5.75 Å². The van der Waals surface area contributed by atoms with Crippen LogP contribution in [0.25, 0.3) is 0 Å². The van der Waals surface area contributed by atoms with Crippen molar-refractivity contribution in [3.05, 3.63) is 42.0 Å². The number of aromatic hydroxyl groups is 1. The third-order valence-electron chi connectivity index (χ3n) is 7.36. The Hall–Kier alpha value is -1.42. The van der Waals surface area contributed by atoms with E-state index in [0.29, 0.717) is 12.8 Å². The molecule has 0 spiro atoms. The fourth-order valence-corrected chi connectivity index (χ4v) is 5.96. The molecular formula is C20H24F2O2. The summed E-state index contributed by atoms with van der Waals surface area (Å²) in [5.74, 6) is -2.93. The van der Waals surface area contributed by atoms with Crippen molar-refractivity contribution in [1.29, 1.82) is 0 Å². The zero-order valence-electron chi connectivity index (χ0n) is 13.9. The van der Waals surface area contributed by atoms with Gasteiger partial charge in [0.1, 0.15) is 11.9 Å². The highest BCUT2D eigenvalue weighted by molar-refractivity contribution is 5.46. The summed E-state index contributed by atoms with van der Waals surface area (Å²) in [6.45, 7) is 5.72. The number of phenolic OH excluding ortho intramolecular Hbond substituents is 1. The molecular weight excluding hydrogens is 310 g/mol. The van der Waals surface area contributed by atoms with Crippen molar-refractivity contribution in [2.45, 2.75) is 56.5 Å². The monoisotopic (exact) mass is 334 g/mol. The van der Waals surface area contributed by atoms with Crippen molar-refractivity contribution < 1.29 is 19.0 Å². The van der Waals surface area contributed by atoms with Crippen LogP contribution in [0.1, 0.15) is 43.7 Å². The molecule has 130 valence electrons. The van der Waals surface area contributed by atoms with Crippen LogP contribution >= 0.6 is 0 Å². The molecule has 3 aliphatic rings. The van der Waals surface area contributed by atoms with Gasteiger partial charge < -0.3 is 10.2 Å². The Labute approximate surface area is 141 Å². The molecule has 0 aromatic heterocycles. The standard InChI is InChI=1S/C20H24F2O2/c1-3-19-9-8-18(2)16(11-17(24)20(18,21)22)15(19)6-4-12-10-13(23)5-7-14(12)19/h3,5,7,10,15-17,23-24H,1,4,6,8-9,11H2,2H3/t15-,16-,17+,18-,19+/m0/s1. The minimum absolute atomic E-state index is 0.0637. The lowest BCUT2D eigenvalue weighted by molar-refractivity contribution is -0.176. The second kappa shape index (κ2) is 4.81. The zero-order chi connectivity index (χ0) is 17.3. The average Bonchev–Trinajstić information content (AvgIpc) is 2.73. The number of rotatable bonds is 1. The van der Waals surface area contributed by atoms with E-state index in [9.17, 15) is 19.0 Å². The Bertz CT molecular complexity index is 701. The number of aryl methyl sites for hydroxylation is 1. The zero-order valence-corrected chi connectivity index (χ0v) is 13.9. The second-order valence-electron chi connectivity index (χ2n) is 8.13. The molecule has 2 saturated carbocycles. The molecule has 1 aromatic carbocycles. The van der Waals surface area contributed by atoms with Crippen LogP contribution in [0.4, 0.5) is 8.78 Å². The van der Waals surface area contributed by atoms with E-state index >= 15 is 0 Å². The first-order valence-electron chi connectivity index (χ1n) is 8.78. The van der Waals surface area contributed by atoms with E-state index in [1.165, 1.54) is 0 Å². The topological polar surface area (TPSA) is 40.5 Å². The summed E-state index contributed by atoms with van der Waals surface area (Å²) < 4.78 is 29.4. The summed E-state index contributed by atoms with van der Waals surface area (Å²) in [6.07, 6.45) is 3.13. The minimum Gasteiger partial charge on any atom is -0.508 e. The SMILES string of the molecule is C=C[C@]12CC[C@@]3(C)[C@@H](C[C@@H](O)C3(F)F)[C@@H]1CCc1cc(O)ccc12. The number of hydrogen-bond acceptors (Lipinski definition) is 2. The van der Waals surface area contributed by atoms with Crippen LogP contribution in [0.3, 0.4) is 0 Å². The molecule has 1 aromatic rings. The third-order valence-corrected chi connectivity index (χ3v) is 7.36. The van der Waals surface area contributed by atoms with E-state index in [2.05, 4.69) is 6.58 Å². The summed E-state index contributed by atoms with van der Waals surface area (Å²) in [6, 6.07) is 5.41. The van der Waals surface area contributed by atoms with Gasteiger partial charge in [0.15, 0.2) is 0 Å². The van der Waals surface area contributed by atoms with Gasteiger partial charge in [0.05, 0.1) is 0 Å². The molecule has 2 fully saturated rings. The maximum atomic E-state index is 14.7. The van der Waals surface area contributed by atoms with Crippen LogP contribution in [0, 0.1) is 17.3 Å². The van der Waals surface area contributed by atoms with Crippen molar-refractivity contribution in [1.82, 2.24) is 0 Å². The highest BCUT2D eigenvalue weighted by atomic mass is 19.3. The molecule has 2 N–H and O–H groups in total. The van der Waals surface area contributed by atoms with E-state index < -0.39 is 17.4 Å². The number of phenols is 1. The van der Waals surface area contributed by atoms with Crippen molar-refractivity contribution in [2.75, 3.05) is 0 Å². The smallest absolute Gasteiger partial charge is 0.278 e. The molecule has 0 amide bonds. The number of halogens is 2. The van der Waals surface area contributed by atoms with E-state index in [1.807, 2.05) is 12.1 Å². The van der Waals surface area contributed by atoms with Crippen LogP contribution in [0.15, 0.2) is 30.9 Å². The van der Waals surface area contributed by atoms with Gasteiger partial charge in [0.2, 0.25) is 0 Å². The van der Waals surface area contributed by atoms with Gasteiger partial charge in [0.25, 0.3) is 5.92 Å². The molecule has 0 radical (unpaired) electrons. The van der Waals surface area contributed by atoms with E-state index in [1.54, 1.807) is 19.1 Å². The number of aliphatic hydroxyl groups excluding tert-OH is 1.